The highest BCUT2D eigenvalue weighted by molar-refractivity contribution is 9.08. The first-order chi connectivity index (χ1) is 6.83. The Bertz CT molecular complexity index is 434. The van der Waals surface area contributed by atoms with Crippen molar-refractivity contribution in [1.82, 2.24) is 9.55 Å². The summed E-state index contributed by atoms with van der Waals surface area (Å²) in [4.78, 5) is 4.22. The normalized spacial score (nSPS) is 10.4. The first-order valence-electron chi connectivity index (χ1n) is 4.47. The third kappa shape index (κ3) is 1.60. The van der Waals surface area contributed by atoms with Gasteiger partial charge in [0.15, 0.2) is 0 Å². The minimum absolute atomic E-state index is 0.862. The summed E-state index contributed by atoms with van der Waals surface area (Å²) < 4.78 is 2.09. The summed E-state index contributed by atoms with van der Waals surface area (Å²) in [6.45, 7) is 2.00. The monoisotopic (exact) mass is 250 g/mol. The second-order valence-electron chi connectivity index (χ2n) is 3.11. The molecule has 3 heteroatoms. The average Bonchev–Trinajstić information content (AvgIpc) is 2.64. The SMILES string of the molecule is Cc1nccn1-c1ccccc1CBr. The fourth-order valence-corrected chi connectivity index (χ4v) is 1.97. The molecule has 0 bridgehead atoms. The van der Waals surface area contributed by atoms with Crippen molar-refractivity contribution < 1.29 is 0 Å². The number of benzene rings is 1. The highest BCUT2D eigenvalue weighted by Gasteiger charge is 2.04. The maximum atomic E-state index is 4.22. The molecule has 0 aliphatic rings. The van der Waals surface area contributed by atoms with Crippen LogP contribution in [0.5, 0.6) is 0 Å². The third-order valence-corrected chi connectivity index (χ3v) is 2.82. The molecule has 0 unspecified atom stereocenters. The summed E-state index contributed by atoms with van der Waals surface area (Å²) >= 11 is 3.48. The lowest BCUT2D eigenvalue weighted by atomic mass is 10.2. The Morgan fingerprint density at radius 3 is 2.79 bits per heavy atom. The second-order valence-corrected chi connectivity index (χ2v) is 3.67. The van der Waals surface area contributed by atoms with Crippen LogP contribution < -0.4 is 0 Å². The molecule has 0 aliphatic carbocycles. The van der Waals surface area contributed by atoms with Crippen LogP contribution in [0.3, 0.4) is 0 Å². The minimum atomic E-state index is 0.862. The molecule has 2 rings (SSSR count). The molecule has 2 aromatic rings. The summed E-state index contributed by atoms with van der Waals surface area (Å²) in [5.41, 5.74) is 2.47. The molecule has 0 fully saturated rings. The van der Waals surface area contributed by atoms with E-state index in [1.807, 2.05) is 31.5 Å². The van der Waals surface area contributed by atoms with Crippen molar-refractivity contribution in [2.45, 2.75) is 12.3 Å². The van der Waals surface area contributed by atoms with Crippen LogP contribution in [0.2, 0.25) is 0 Å². The van der Waals surface area contributed by atoms with E-state index in [0.29, 0.717) is 0 Å². The van der Waals surface area contributed by atoms with Crippen LogP contribution in [0.25, 0.3) is 5.69 Å². The van der Waals surface area contributed by atoms with Crippen molar-refractivity contribution in [1.29, 1.82) is 0 Å². The average molecular weight is 251 g/mol. The summed E-state index contributed by atoms with van der Waals surface area (Å²) in [5.74, 6) is 1.01. The van der Waals surface area contributed by atoms with Gasteiger partial charge in [-0.2, -0.15) is 0 Å². The Labute approximate surface area is 91.7 Å². The highest BCUT2D eigenvalue weighted by Crippen LogP contribution is 2.18. The van der Waals surface area contributed by atoms with Crippen LogP contribution in [-0.4, -0.2) is 9.55 Å². The number of imidazole rings is 1. The van der Waals surface area contributed by atoms with Crippen molar-refractivity contribution in [2.24, 2.45) is 0 Å². The van der Waals surface area contributed by atoms with E-state index in [9.17, 15) is 0 Å². The molecule has 14 heavy (non-hydrogen) atoms. The molecule has 0 saturated heterocycles. The fourth-order valence-electron chi connectivity index (χ4n) is 1.49. The van der Waals surface area contributed by atoms with Gasteiger partial charge in [-0.15, -0.1) is 0 Å². The number of nitrogens with zero attached hydrogens (tertiary/aromatic N) is 2. The van der Waals surface area contributed by atoms with Gasteiger partial charge in [0.2, 0.25) is 0 Å². The first kappa shape index (κ1) is 9.46. The quantitative estimate of drug-likeness (QED) is 0.750. The van der Waals surface area contributed by atoms with E-state index in [1.54, 1.807) is 0 Å². The summed E-state index contributed by atoms with van der Waals surface area (Å²) in [7, 11) is 0. The number of aryl methyl sites for hydroxylation is 1. The van der Waals surface area contributed by atoms with Crippen molar-refractivity contribution in [2.75, 3.05) is 0 Å². The molecule has 2 nitrogen and oxygen atoms in total. The third-order valence-electron chi connectivity index (χ3n) is 2.22. The number of halogens is 1. The molecule has 0 atom stereocenters. The van der Waals surface area contributed by atoms with Crippen molar-refractivity contribution in [3.8, 4) is 5.69 Å². The van der Waals surface area contributed by atoms with Crippen LogP contribution in [0, 0.1) is 6.92 Å². The lowest BCUT2D eigenvalue weighted by Gasteiger charge is -2.09. The molecule has 1 aromatic carbocycles. The van der Waals surface area contributed by atoms with E-state index >= 15 is 0 Å². The predicted molar refractivity (Wildman–Crippen MR) is 60.9 cm³/mol. The zero-order valence-electron chi connectivity index (χ0n) is 7.94. The van der Waals surface area contributed by atoms with Gasteiger partial charge in [-0.3, -0.25) is 0 Å². The van der Waals surface area contributed by atoms with Crippen molar-refractivity contribution in [3.05, 3.63) is 48.0 Å². The fraction of sp³-hybridized carbons (Fsp3) is 0.182. The maximum absolute atomic E-state index is 4.22. The van der Waals surface area contributed by atoms with Crippen LogP contribution in [0.4, 0.5) is 0 Å². The number of hydrogen-bond acceptors (Lipinski definition) is 1. The Hall–Kier alpha value is -1.09. The number of alkyl halides is 1. The Morgan fingerprint density at radius 2 is 2.14 bits per heavy atom. The van der Waals surface area contributed by atoms with Crippen LogP contribution in [0.15, 0.2) is 36.7 Å². The predicted octanol–water partition coefficient (Wildman–Crippen LogP) is 3.08. The molecular formula is C11H11BrN2. The zero-order chi connectivity index (χ0) is 9.97. The van der Waals surface area contributed by atoms with Crippen LogP contribution in [-0.2, 0) is 5.33 Å². The van der Waals surface area contributed by atoms with Gasteiger partial charge >= 0.3 is 0 Å². The second kappa shape index (κ2) is 3.96. The van der Waals surface area contributed by atoms with Crippen LogP contribution in [0.1, 0.15) is 11.4 Å². The van der Waals surface area contributed by atoms with E-state index in [-0.39, 0.29) is 0 Å². The van der Waals surface area contributed by atoms with E-state index < -0.39 is 0 Å². The van der Waals surface area contributed by atoms with Gasteiger partial charge < -0.3 is 4.57 Å². The van der Waals surface area contributed by atoms with Crippen LogP contribution >= 0.6 is 15.9 Å². The Kier molecular flexibility index (Phi) is 2.68. The topological polar surface area (TPSA) is 17.8 Å². The maximum Gasteiger partial charge on any atom is 0.110 e. The largest absolute Gasteiger partial charge is 0.304 e. The van der Waals surface area contributed by atoms with Gasteiger partial charge in [0.25, 0.3) is 0 Å². The molecule has 0 saturated carbocycles. The summed E-state index contributed by atoms with van der Waals surface area (Å²) in [5, 5.41) is 0.862. The van der Waals surface area contributed by atoms with Gasteiger partial charge in [-0.25, -0.2) is 4.98 Å². The number of rotatable bonds is 2. The first-order valence-corrected chi connectivity index (χ1v) is 5.59. The molecule has 0 radical (unpaired) electrons. The minimum Gasteiger partial charge on any atom is -0.304 e. The Balaban J connectivity index is 2.56. The molecule has 1 heterocycles. The van der Waals surface area contributed by atoms with Gasteiger partial charge in [0, 0.05) is 17.7 Å². The number of aromatic nitrogens is 2. The van der Waals surface area contributed by atoms with E-state index in [4.69, 9.17) is 0 Å². The summed E-state index contributed by atoms with van der Waals surface area (Å²) in [6.07, 6.45) is 3.80. The molecule has 0 N–H and O–H groups in total. The molecule has 72 valence electrons. The van der Waals surface area contributed by atoms with Gasteiger partial charge in [0.1, 0.15) is 5.82 Å². The van der Waals surface area contributed by atoms with E-state index in [1.165, 1.54) is 11.3 Å². The van der Waals surface area contributed by atoms with E-state index in [0.717, 1.165) is 11.2 Å². The number of hydrogen-bond donors (Lipinski definition) is 0. The Morgan fingerprint density at radius 1 is 1.36 bits per heavy atom. The van der Waals surface area contributed by atoms with E-state index in [2.05, 4.69) is 37.6 Å². The zero-order valence-corrected chi connectivity index (χ0v) is 9.53. The van der Waals surface area contributed by atoms with Gasteiger partial charge in [0.05, 0.1) is 5.69 Å². The molecule has 1 aromatic heterocycles. The summed E-state index contributed by atoms with van der Waals surface area (Å²) in [6, 6.07) is 8.31. The molecule has 0 aliphatic heterocycles. The highest BCUT2D eigenvalue weighted by atomic mass is 79.9. The lowest BCUT2D eigenvalue weighted by molar-refractivity contribution is 0.963. The molecule has 0 spiro atoms. The standard InChI is InChI=1S/C11H11BrN2/c1-9-13-6-7-14(9)11-5-3-2-4-10(11)8-12/h2-7H,8H2,1H3. The van der Waals surface area contributed by atoms with Crippen molar-refractivity contribution >= 4 is 15.9 Å². The lowest BCUT2D eigenvalue weighted by Crippen LogP contribution is -1.98. The smallest absolute Gasteiger partial charge is 0.110 e. The number of para-hydroxylation sites is 1. The van der Waals surface area contributed by atoms with Gasteiger partial charge in [-0.1, -0.05) is 34.1 Å². The van der Waals surface area contributed by atoms with Crippen molar-refractivity contribution in [3.63, 3.8) is 0 Å². The van der Waals surface area contributed by atoms with Gasteiger partial charge in [-0.05, 0) is 18.6 Å². The molecule has 0 amide bonds. The molecular weight excluding hydrogens is 240 g/mol.